The van der Waals surface area contributed by atoms with E-state index >= 15 is 0 Å². The predicted octanol–water partition coefficient (Wildman–Crippen LogP) is 2.40. The molecule has 0 aliphatic heterocycles. The maximum absolute atomic E-state index is 12.2. The second kappa shape index (κ2) is 6.39. The number of hydrogen-bond acceptors (Lipinski definition) is 3. The molecule has 2 atom stereocenters. The van der Waals surface area contributed by atoms with Crippen molar-refractivity contribution in [2.24, 2.45) is 11.7 Å². The SMILES string of the molecule is NCC1CCCCC1NC(=O)c1ccc(Br)c(O)c1. The molecular weight excluding hydrogens is 308 g/mol. The zero-order valence-electron chi connectivity index (χ0n) is 10.7. The van der Waals surface area contributed by atoms with Crippen LogP contribution in [0.1, 0.15) is 36.0 Å². The van der Waals surface area contributed by atoms with Gasteiger partial charge >= 0.3 is 0 Å². The van der Waals surface area contributed by atoms with Gasteiger partial charge < -0.3 is 16.2 Å². The normalized spacial score (nSPS) is 23.1. The van der Waals surface area contributed by atoms with E-state index in [-0.39, 0.29) is 17.7 Å². The Morgan fingerprint density at radius 1 is 1.42 bits per heavy atom. The van der Waals surface area contributed by atoms with E-state index in [1.54, 1.807) is 12.1 Å². The van der Waals surface area contributed by atoms with E-state index in [0.29, 0.717) is 22.5 Å². The van der Waals surface area contributed by atoms with E-state index in [9.17, 15) is 9.90 Å². The number of nitrogens with two attached hydrogens (primary N) is 1. The highest BCUT2D eigenvalue weighted by Crippen LogP contribution is 2.26. The lowest BCUT2D eigenvalue weighted by atomic mass is 9.84. The van der Waals surface area contributed by atoms with E-state index < -0.39 is 0 Å². The number of hydrogen-bond donors (Lipinski definition) is 3. The fourth-order valence-electron chi connectivity index (χ4n) is 2.59. The quantitative estimate of drug-likeness (QED) is 0.798. The summed E-state index contributed by atoms with van der Waals surface area (Å²) in [5, 5.41) is 12.6. The molecule has 1 aromatic carbocycles. The van der Waals surface area contributed by atoms with Crippen LogP contribution in [0.25, 0.3) is 0 Å². The minimum absolute atomic E-state index is 0.0756. The standard InChI is InChI=1S/C14H19BrN2O2/c15-11-6-5-9(7-13(11)18)14(19)17-12-4-2-1-3-10(12)8-16/h5-7,10,12,18H,1-4,8,16H2,(H,17,19). The van der Waals surface area contributed by atoms with Gasteiger partial charge in [0, 0.05) is 11.6 Å². The molecule has 0 saturated heterocycles. The summed E-state index contributed by atoms with van der Waals surface area (Å²) in [6.45, 7) is 0.608. The molecule has 0 spiro atoms. The number of phenols is 1. The summed E-state index contributed by atoms with van der Waals surface area (Å²) in [7, 11) is 0. The van der Waals surface area contributed by atoms with Gasteiger partial charge in [0.2, 0.25) is 0 Å². The Bertz CT molecular complexity index is 465. The lowest BCUT2D eigenvalue weighted by molar-refractivity contribution is 0.0907. The molecule has 2 unspecified atom stereocenters. The molecule has 0 bridgehead atoms. The second-order valence-electron chi connectivity index (χ2n) is 5.03. The number of halogens is 1. The average molecular weight is 327 g/mol. The molecular formula is C14H19BrN2O2. The minimum atomic E-state index is -0.145. The third-order valence-corrected chi connectivity index (χ3v) is 4.41. The van der Waals surface area contributed by atoms with Gasteiger partial charge in [0.05, 0.1) is 4.47 Å². The fourth-order valence-corrected chi connectivity index (χ4v) is 2.83. The van der Waals surface area contributed by atoms with Crippen molar-refractivity contribution in [3.05, 3.63) is 28.2 Å². The number of nitrogens with one attached hydrogen (secondary N) is 1. The summed E-state index contributed by atoms with van der Waals surface area (Å²) in [5.41, 5.74) is 6.23. The van der Waals surface area contributed by atoms with Crippen LogP contribution in [-0.2, 0) is 0 Å². The Labute approximate surface area is 121 Å². The van der Waals surface area contributed by atoms with E-state index in [1.165, 1.54) is 12.5 Å². The van der Waals surface area contributed by atoms with E-state index in [0.717, 1.165) is 19.3 Å². The van der Waals surface area contributed by atoms with Gasteiger partial charge in [0.1, 0.15) is 5.75 Å². The average Bonchev–Trinajstić information content (AvgIpc) is 2.42. The highest BCUT2D eigenvalue weighted by atomic mass is 79.9. The third-order valence-electron chi connectivity index (χ3n) is 3.74. The summed E-state index contributed by atoms with van der Waals surface area (Å²) >= 11 is 3.20. The highest BCUT2D eigenvalue weighted by Gasteiger charge is 2.25. The first-order chi connectivity index (χ1) is 9.11. The number of rotatable bonds is 3. The number of carbonyl (C=O) groups excluding carboxylic acids is 1. The molecule has 0 heterocycles. The van der Waals surface area contributed by atoms with Gasteiger partial charge in [-0.1, -0.05) is 12.8 Å². The summed E-state index contributed by atoms with van der Waals surface area (Å²) in [6.07, 6.45) is 4.38. The van der Waals surface area contributed by atoms with Gasteiger partial charge in [-0.05, 0) is 59.4 Å². The molecule has 104 valence electrons. The smallest absolute Gasteiger partial charge is 0.251 e. The van der Waals surface area contributed by atoms with Crippen molar-refractivity contribution in [2.75, 3.05) is 6.54 Å². The van der Waals surface area contributed by atoms with Gasteiger partial charge in [-0.2, -0.15) is 0 Å². The number of carbonyl (C=O) groups is 1. The Morgan fingerprint density at radius 3 is 2.84 bits per heavy atom. The zero-order valence-corrected chi connectivity index (χ0v) is 12.3. The first-order valence-electron chi connectivity index (χ1n) is 6.61. The van der Waals surface area contributed by atoms with E-state index in [1.807, 2.05) is 0 Å². The van der Waals surface area contributed by atoms with Gasteiger partial charge in [-0.25, -0.2) is 0 Å². The molecule has 1 aromatic rings. The van der Waals surface area contributed by atoms with Crippen molar-refractivity contribution >= 4 is 21.8 Å². The van der Waals surface area contributed by atoms with Gasteiger partial charge in [0.15, 0.2) is 0 Å². The van der Waals surface area contributed by atoms with Gasteiger partial charge in [0.25, 0.3) is 5.91 Å². The van der Waals surface area contributed by atoms with Crippen LogP contribution >= 0.6 is 15.9 Å². The fraction of sp³-hybridized carbons (Fsp3) is 0.500. The van der Waals surface area contributed by atoms with Crippen LogP contribution in [-0.4, -0.2) is 23.6 Å². The van der Waals surface area contributed by atoms with E-state index in [2.05, 4.69) is 21.2 Å². The summed E-state index contributed by atoms with van der Waals surface area (Å²) in [4.78, 5) is 12.2. The highest BCUT2D eigenvalue weighted by molar-refractivity contribution is 9.10. The Hall–Kier alpha value is -1.07. The monoisotopic (exact) mass is 326 g/mol. The largest absolute Gasteiger partial charge is 0.507 e. The number of phenolic OH excluding ortho intramolecular Hbond substituents is 1. The first-order valence-corrected chi connectivity index (χ1v) is 7.40. The summed E-state index contributed by atoms with van der Waals surface area (Å²) in [6, 6.07) is 4.99. The van der Waals surface area contributed by atoms with Gasteiger partial charge in [-0.3, -0.25) is 4.79 Å². The minimum Gasteiger partial charge on any atom is -0.507 e. The molecule has 1 aliphatic carbocycles. The van der Waals surface area contributed by atoms with Crippen LogP contribution in [0.5, 0.6) is 5.75 Å². The van der Waals surface area contributed by atoms with E-state index in [4.69, 9.17) is 5.73 Å². The van der Waals surface area contributed by atoms with Crippen molar-refractivity contribution in [1.82, 2.24) is 5.32 Å². The van der Waals surface area contributed by atoms with Crippen molar-refractivity contribution in [3.63, 3.8) is 0 Å². The lowest BCUT2D eigenvalue weighted by Crippen LogP contribution is -2.44. The molecule has 0 aromatic heterocycles. The van der Waals surface area contributed by atoms with Gasteiger partial charge in [-0.15, -0.1) is 0 Å². The zero-order chi connectivity index (χ0) is 13.8. The maximum Gasteiger partial charge on any atom is 0.251 e. The van der Waals surface area contributed by atoms with Crippen molar-refractivity contribution in [2.45, 2.75) is 31.7 Å². The summed E-state index contributed by atoms with van der Waals surface area (Å²) < 4.78 is 0.585. The number of aromatic hydroxyl groups is 1. The molecule has 1 saturated carbocycles. The van der Waals surface area contributed by atoms with Crippen LogP contribution in [0, 0.1) is 5.92 Å². The third kappa shape index (κ3) is 3.48. The second-order valence-corrected chi connectivity index (χ2v) is 5.88. The topological polar surface area (TPSA) is 75.3 Å². The molecule has 1 amide bonds. The molecule has 19 heavy (non-hydrogen) atoms. The maximum atomic E-state index is 12.2. The molecule has 4 N–H and O–H groups in total. The van der Waals surface area contributed by atoms with Crippen LogP contribution in [0.2, 0.25) is 0 Å². The Balaban J connectivity index is 2.05. The predicted molar refractivity (Wildman–Crippen MR) is 78.1 cm³/mol. The van der Waals surface area contributed by atoms with Crippen molar-refractivity contribution in [1.29, 1.82) is 0 Å². The molecule has 5 heteroatoms. The molecule has 2 rings (SSSR count). The van der Waals surface area contributed by atoms with Crippen LogP contribution in [0.3, 0.4) is 0 Å². The van der Waals surface area contributed by atoms with Crippen molar-refractivity contribution < 1.29 is 9.90 Å². The summed E-state index contributed by atoms with van der Waals surface area (Å²) in [5.74, 6) is 0.293. The molecule has 1 aliphatic rings. The van der Waals surface area contributed by atoms with Crippen molar-refractivity contribution in [3.8, 4) is 5.75 Å². The Morgan fingerprint density at radius 2 is 2.16 bits per heavy atom. The molecule has 0 radical (unpaired) electrons. The van der Waals surface area contributed by atoms with Crippen LogP contribution in [0.4, 0.5) is 0 Å². The molecule has 4 nitrogen and oxygen atoms in total. The van der Waals surface area contributed by atoms with Crippen LogP contribution < -0.4 is 11.1 Å². The number of amides is 1. The number of benzene rings is 1. The molecule has 1 fully saturated rings. The Kier molecular flexibility index (Phi) is 4.82. The van der Waals surface area contributed by atoms with Crippen LogP contribution in [0.15, 0.2) is 22.7 Å². The first kappa shape index (κ1) is 14.3. The lowest BCUT2D eigenvalue weighted by Gasteiger charge is -2.31.